The predicted molar refractivity (Wildman–Crippen MR) is 49.9 cm³/mol. The van der Waals surface area contributed by atoms with E-state index in [1.807, 2.05) is 14.1 Å². The molecule has 0 aromatic carbocycles. The first-order chi connectivity index (χ1) is 5.66. The van der Waals surface area contributed by atoms with Crippen LogP contribution in [0.2, 0.25) is 0 Å². The Bertz CT molecular complexity index is 130. The van der Waals surface area contributed by atoms with Crippen LogP contribution in [0.4, 0.5) is 0 Å². The summed E-state index contributed by atoms with van der Waals surface area (Å²) < 4.78 is 0. The Labute approximate surface area is 74.5 Å². The Morgan fingerprint density at radius 3 is 2.33 bits per heavy atom. The number of likely N-dealkylation sites (N-methyl/N-ethyl adjacent to an activating group) is 1. The molecule has 12 heavy (non-hydrogen) atoms. The van der Waals surface area contributed by atoms with E-state index in [4.69, 9.17) is 5.73 Å². The number of nitrogens with two attached hydrogens (primary N) is 1. The topological polar surface area (TPSA) is 49.5 Å². The lowest BCUT2D eigenvalue weighted by Crippen LogP contribution is -2.49. The van der Waals surface area contributed by atoms with Crippen molar-refractivity contribution in [1.82, 2.24) is 4.90 Å². The van der Waals surface area contributed by atoms with Crippen molar-refractivity contribution >= 4 is 0 Å². The smallest absolute Gasteiger partial charge is 0.0819 e. The number of aliphatic hydroxyl groups excluding tert-OH is 1. The first kappa shape index (κ1) is 9.96. The highest BCUT2D eigenvalue weighted by atomic mass is 16.3. The maximum Gasteiger partial charge on any atom is 0.0819 e. The van der Waals surface area contributed by atoms with Crippen LogP contribution in [0, 0.1) is 5.92 Å². The van der Waals surface area contributed by atoms with Gasteiger partial charge >= 0.3 is 0 Å². The van der Waals surface area contributed by atoms with Gasteiger partial charge in [0, 0.05) is 12.6 Å². The van der Waals surface area contributed by atoms with Gasteiger partial charge in [0.2, 0.25) is 0 Å². The maximum atomic E-state index is 9.66. The average Bonchev–Trinajstić information content (AvgIpc) is 1.94. The lowest BCUT2D eigenvalue weighted by molar-refractivity contribution is 0.0214. The van der Waals surface area contributed by atoms with E-state index in [1.165, 1.54) is 19.3 Å². The summed E-state index contributed by atoms with van der Waals surface area (Å²) in [6.45, 7) is 0.374. The maximum absolute atomic E-state index is 9.66. The van der Waals surface area contributed by atoms with Gasteiger partial charge in [-0.2, -0.15) is 0 Å². The Morgan fingerprint density at radius 2 is 2.08 bits per heavy atom. The number of aliphatic hydroxyl groups is 1. The molecule has 0 aromatic heterocycles. The van der Waals surface area contributed by atoms with Gasteiger partial charge in [-0.25, -0.2) is 0 Å². The Kier molecular flexibility index (Phi) is 3.50. The Morgan fingerprint density at radius 1 is 1.50 bits per heavy atom. The monoisotopic (exact) mass is 172 g/mol. The van der Waals surface area contributed by atoms with Gasteiger partial charge < -0.3 is 15.7 Å². The van der Waals surface area contributed by atoms with E-state index in [-0.39, 0.29) is 12.1 Å². The summed E-state index contributed by atoms with van der Waals surface area (Å²) in [6, 6.07) is 0.267. The van der Waals surface area contributed by atoms with Crippen LogP contribution in [0.25, 0.3) is 0 Å². The molecular formula is C9H20N2O. The number of hydrogen-bond donors (Lipinski definition) is 2. The molecule has 72 valence electrons. The Hall–Kier alpha value is -0.120. The predicted octanol–water partition coefficient (Wildman–Crippen LogP) is 0.0363. The molecule has 1 aliphatic carbocycles. The summed E-state index contributed by atoms with van der Waals surface area (Å²) in [5.74, 6) is 0.665. The molecule has 0 amide bonds. The zero-order valence-electron chi connectivity index (χ0n) is 8.03. The molecule has 0 aromatic rings. The number of nitrogens with zero attached hydrogens (tertiary/aromatic N) is 1. The molecule has 0 bridgehead atoms. The van der Waals surface area contributed by atoms with Crippen molar-refractivity contribution < 1.29 is 5.11 Å². The van der Waals surface area contributed by atoms with E-state index < -0.39 is 0 Å². The van der Waals surface area contributed by atoms with Crippen LogP contribution in [0.1, 0.15) is 19.3 Å². The molecule has 2 atom stereocenters. The highest BCUT2D eigenvalue weighted by molar-refractivity contribution is 4.87. The van der Waals surface area contributed by atoms with Crippen LogP contribution in [0.15, 0.2) is 0 Å². The van der Waals surface area contributed by atoms with Crippen LogP contribution >= 0.6 is 0 Å². The fraction of sp³-hybridized carbons (Fsp3) is 1.00. The third kappa shape index (κ3) is 1.97. The molecular weight excluding hydrogens is 152 g/mol. The molecule has 3 N–H and O–H groups in total. The first-order valence-corrected chi connectivity index (χ1v) is 4.71. The van der Waals surface area contributed by atoms with Gasteiger partial charge in [0.1, 0.15) is 0 Å². The van der Waals surface area contributed by atoms with Gasteiger partial charge in [-0.15, -0.1) is 0 Å². The third-order valence-corrected chi connectivity index (χ3v) is 2.86. The third-order valence-electron chi connectivity index (χ3n) is 2.86. The summed E-state index contributed by atoms with van der Waals surface area (Å²) in [7, 11) is 4.03. The molecule has 1 aliphatic rings. The zero-order valence-corrected chi connectivity index (χ0v) is 8.03. The minimum Gasteiger partial charge on any atom is -0.390 e. The standard InChI is InChI=1S/C9H20N2O/c1-11(2)9(8(12)6-10)7-4-3-5-7/h7-9,12H,3-6,10H2,1-2H3. The molecule has 0 aliphatic heterocycles. The van der Waals surface area contributed by atoms with Crippen LogP contribution in [-0.2, 0) is 0 Å². The van der Waals surface area contributed by atoms with E-state index in [2.05, 4.69) is 4.90 Å². The summed E-state index contributed by atoms with van der Waals surface area (Å²) in [4.78, 5) is 2.10. The molecule has 0 heterocycles. The normalized spacial score (nSPS) is 23.8. The minimum atomic E-state index is -0.356. The van der Waals surface area contributed by atoms with Crippen LogP contribution in [0.3, 0.4) is 0 Å². The molecule has 0 spiro atoms. The van der Waals surface area contributed by atoms with Gasteiger partial charge in [0.15, 0.2) is 0 Å². The summed E-state index contributed by atoms with van der Waals surface area (Å²) in [6.07, 6.45) is 3.46. The van der Waals surface area contributed by atoms with Crippen LogP contribution in [-0.4, -0.2) is 42.8 Å². The zero-order chi connectivity index (χ0) is 9.14. The van der Waals surface area contributed by atoms with Crippen molar-refractivity contribution in [1.29, 1.82) is 0 Å². The van der Waals surface area contributed by atoms with Crippen LogP contribution < -0.4 is 5.73 Å². The van der Waals surface area contributed by atoms with Crippen molar-refractivity contribution in [2.75, 3.05) is 20.6 Å². The largest absolute Gasteiger partial charge is 0.390 e. The average molecular weight is 172 g/mol. The van der Waals surface area contributed by atoms with Gasteiger partial charge in [0.25, 0.3) is 0 Å². The molecule has 3 nitrogen and oxygen atoms in total. The molecule has 2 unspecified atom stereocenters. The fourth-order valence-electron chi connectivity index (χ4n) is 2.00. The quantitative estimate of drug-likeness (QED) is 0.629. The van der Waals surface area contributed by atoms with Gasteiger partial charge in [0.05, 0.1) is 6.10 Å². The van der Waals surface area contributed by atoms with E-state index >= 15 is 0 Å². The van der Waals surface area contributed by atoms with Crippen molar-refractivity contribution in [2.24, 2.45) is 11.7 Å². The van der Waals surface area contributed by atoms with E-state index in [0.29, 0.717) is 12.5 Å². The second kappa shape index (κ2) is 4.21. The molecule has 1 saturated carbocycles. The molecule has 3 heteroatoms. The van der Waals surface area contributed by atoms with Gasteiger partial charge in [-0.1, -0.05) is 6.42 Å². The number of hydrogen-bond acceptors (Lipinski definition) is 3. The molecule has 1 fully saturated rings. The van der Waals surface area contributed by atoms with E-state index in [9.17, 15) is 5.11 Å². The van der Waals surface area contributed by atoms with Crippen molar-refractivity contribution in [3.8, 4) is 0 Å². The highest BCUT2D eigenvalue weighted by Crippen LogP contribution is 2.32. The highest BCUT2D eigenvalue weighted by Gasteiger charge is 2.33. The van der Waals surface area contributed by atoms with E-state index in [0.717, 1.165) is 0 Å². The summed E-state index contributed by atoms with van der Waals surface area (Å²) in [5.41, 5.74) is 5.45. The Balaban J connectivity index is 2.47. The van der Waals surface area contributed by atoms with Crippen molar-refractivity contribution in [2.45, 2.75) is 31.4 Å². The SMILES string of the molecule is CN(C)C(C(O)CN)C1CCC1. The van der Waals surface area contributed by atoms with Crippen molar-refractivity contribution in [3.63, 3.8) is 0 Å². The molecule has 0 saturated heterocycles. The van der Waals surface area contributed by atoms with Gasteiger partial charge in [-0.3, -0.25) is 0 Å². The van der Waals surface area contributed by atoms with Gasteiger partial charge in [-0.05, 0) is 32.9 Å². The first-order valence-electron chi connectivity index (χ1n) is 4.71. The summed E-state index contributed by atoms with van der Waals surface area (Å²) >= 11 is 0. The second-order valence-corrected chi connectivity index (χ2v) is 3.95. The summed E-state index contributed by atoms with van der Waals surface area (Å²) in [5, 5.41) is 9.66. The van der Waals surface area contributed by atoms with Crippen molar-refractivity contribution in [3.05, 3.63) is 0 Å². The molecule has 0 radical (unpaired) electrons. The van der Waals surface area contributed by atoms with E-state index in [1.54, 1.807) is 0 Å². The minimum absolute atomic E-state index is 0.267. The van der Waals surface area contributed by atoms with Crippen LogP contribution in [0.5, 0.6) is 0 Å². The number of rotatable bonds is 4. The second-order valence-electron chi connectivity index (χ2n) is 3.95. The fourth-order valence-corrected chi connectivity index (χ4v) is 2.00. The lowest BCUT2D eigenvalue weighted by atomic mass is 9.77. The lowest BCUT2D eigenvalue weighted by Gasteiger charge is -2.40. The molecule has 1 rings (SSSR count).